The van der Waals surface area contributed by atoms with Crippen LogP contribution in [0, 0.1) is 13.8 Å². The Morgan fingerprint density at radius 1 is 1.04 bits per heavy atom. The number of ketones is 1. The molecule has 0 saturated heterocycles. The number of hydrogen-bond donors (Lipinski definition) is 1. The second-order valence-corrected chi connectivity index (χ2v) is 8.46. The van der Waals surface area contributed by atoms with Gasteiger partial charge in [-0.3, -0.25) is 13.9 Å². The van der Waals surface area contributed by atoms with Crippen molar-refractivity contribution in [2.45, 2.75) is 27.2 Å². The molecular formula is C20H24N2O4S. The average molecular weight is 388 g/mol. The first-order valence-corrected chi connectivity index (χ1v) is 10.4. The molecule has 0 atom stereocenters. The Labute approximate surface area is 160 Å². The molecule has 7 heteroatoms. The van der Waals surface area contributed by atoms with Crippen LogP contribution < -0.4 is 9.62 Å². The van der Waals surface area contributed by atoms with Gasteiger partial charge < -0.3 is 5.32 Å². The summed E-state index contributed by atoms with van der Waals surface area (Å²) < 4.78 is 25.4. The van der Waals surface area contributed by atoms with E-state index in [-0.39, 0.29) is 24.7 Å². The summed E-state index contributed by atoms with van der Waals surface area (Å²) in [6, 6.07) is 12.0. The van der Waals surface area contributed by atoms with Gasteiger partial charge in [-0.1, -0.05) is 17.7 Å². The average Bonchev–Trinajstić information content (AvgIpc) is 2.57. The van der Waals surface area contributed by atoms with E-state index in [1.54, 1.807) is 24.3 Å². The third-order valence-electron chi connectivity index (χ3n) is 4.16. The lowest BCUT2D eigenvalue weighted by atomic mass is 10.1. The molecule has 0 saturated carbocycles. The van der Waals surface area contributed by atoms with Gasteiger partial charge in [0.1, 0.15) is 0 Å². The molecule has 0 bridgehead atoms. The molecule has 1 amide bonds. The molecule has 1 N–H and O–H groups in total. The lowest BCUT2D eigenvalue weighted by Gasteiger charge is -2.22. The normalized spacial score (nSPS) is 11.1. The van der Waals surface area contributed by atoms with Gasteiger partial charge in [-0.25, -0.2) is 8.42 Å². The van der Waals surface area contributed by atoms with Gasteiger partial charge in [-0.2, -0.15) is 0 Å². The highest BCUT2D eigenvalue weighted by atomic mass is 32.2. The van der Waals surface area contributed by atoms with E-state index >= 15 is 0 Å². The Bertz CT molecular complexity index is 950. The fourth-order valence-corrected chi connectivity index (χ4v) is 3.65. The number of aryl methyl sites for hydroxylation is 2. The van der Waals surface area contributed by atoms with Gasteiger partial charge >= 0.3 is 0 Å². The summed E-state index contributed by atoms with van der Waals surface area (Å²) in [5.74, 6) is -0.365. The summed E-state index contributed by atoms with van der Waals surface area (Å²) in [5.41, 5.74) is 3.68. The minimum Gasteiger partial charge on any atom is -0.326 e. The highest BCUT2D eigenvalue weighted by Gasteiger charge is 2.19. The lowest BCUT2D eigenvalue weighted by Crippen LogP contribution is -2.33. The van der Waals surface area contributed by atoms with E-state index < -0.39 is 10.0 Å². The molecule has 0 radical (unpaired) electrons. The highest BCUT2D eigenvalue weighted by molar-refractivity contribution is 7.92. The number of hydrogen-bond acceptors (Lipinski definition) is 4. The Morgan fingerprint density at radius 2 is 1.67 bits per heavy atom. The maximum atomic E-state index is 12.3. The number of sulfonamides is 1. The molecular weight excluding hydrogens is 364 g/mol. The van der Waals surface area contributed by atoms with E-state index in [2.05, 4.69) is 5.32 Å². The molecule has 0 aliphatic carbocycles. The van der Waals surface area contributed by atoms with Crippen LogP contribution in [0.3, 0.4) is 0 Å². The summed E-state index contributed by atoms with van der Waals surface area (Å²) in [4.78, 5) is 23.7. The van der Waals surface area contributed by atoms with Gasteiger partial charge in [0.2, 0.25) is 15.9 Å². The monoisotopic (exact) mass is 388 g/mol. The summed E-state index contributed by atoms with van der Waals surface area (Å²) in [7, 11) is -3.56. The maximum absolute atomic E-state index is 12.3. The van der Waals surface area contributed by atoms with Crippen LogP contribution in [-0.2, 0) is 14.8 Å². The van der Waals surface area contributed by atoms with Crippen LogP contribution in [0.25, 0.3) is 0 Å². The minimum absolute atomic E-state index is 0.00878. The van der Waals surface area contributed by atoms with E-state index in [0.29, 0.717) is 16.9 Å². The van der Waals surface area contributed by atoms with Crippen molar-refractivity contribution in [1.82, 2.24) is 0 Å². The van der Waals surface area contributed by atoms with Crippen molar-refractivity contribution < 1.29 is 18.0 Å². The molecule has 0 unspecified atom stereocenters. The van der Waals surface area contributed by atoms with E-state index in [1.165, 1.54) is 11.2 Å². The van der Waals surface area contributed by atoms with Crippen LogP contribution in [0.15, 0.2) is 42.5 Å². The van der Waals surface area contributed by atoms with Crippen molar-refractivity contribution >= 4 is 33.1 Å². The number of benzene rings is 2. The number of amides is 1. The Hall–Kier alpha value is -2.67. The van der Waals surface area contributed by atoms with Crippen molar-refractivity contribution in [3.63, 3.8) is 0 Å². The molecule has 0 spiro atoms. The standard InChI is InChI=1S/C20H24N2O4S/c1-14-5-10-19(15(2)13-14)21-20(24)11-12-22(27(4,25)26)18-8-6-17(7-9-18)16(3)23/h5-10,13H,11-12H2,1-4H3,(H,21,24). The quantitative estimate of drug-likeness (QED) is 0.738. The molecule has 0 heterocycles. The Morgan fingerprint density at radius 3 is 2.19 bits per heavy atom. The number of nitrogens with zero attached hydrogens (tertiary/aromatic N) is 1. The zero-order chi connectivity index (χ0) is 20.2. The largest absolute Gasteiger partial charge is 0.326 e. The third kappa shape index (κ3) is 5.65. The van der Waals surface area contributed by atoms with Gasteiger partial charge in [0.15, 0.2) is 5.78 Å². The molecule has 0 fully saturated rings. The van der Waals surface area contributed by atoms with Gasteiger partial charge in [0, 0.05) is 24.2 Å². The first-order chi connectivity index (χ1) is 12.6. The topological polar surface area (TPSA) is 83.6 Å². The van der Waals surface area contributed by atoms with Gasteiger partial charge in [-0.05, 0) is 56.7 Å². The van der Waals surface area contributed by atoms with Crippen LogP contribution in [0.4, 0.5) is 11.4 Å². The zero-order valence-corrected chi connectivity index (χ0v) is 16.8. The van der Waals surface area contributed by atoms with Gasteiger partial charge in [0.05, 0.1) is 11.9 Å². The van der Waals surface area contributed by atoms with Crippen molar-refractivity contribution in [3.05, 3.63) is 59.2 Å². The number of Topliss-reactive ketones (excluding diaryl/α,β-unsaturated/α-hetero) is 1. The fourth-order valence-electron chi connectivity index (χ4n) is 2.72. The van der Waals surface area contributed by atoms with Crippen molar-refractivity contribution in [2.75, 3.05) is 22.4 Å². The maximum Gasteiger partial charge on any atom is 0.232 e. The van der Waals surface area contributed by atoms with Crippen LogP contribution in [-0.4, -0.2) is 32.9 Å². The molecule has 2 aromatic carbocycles. The van der Waals surface area contributed by atoms with Crippen LogP contribution >= 0.6 is 0 Å². The second-order valence-electron chi connectivity index (χ2n) is 6.55. The smallest absolute Gasteiger partial charge is 0.232 e. The summed E-state index contributed by atoms with van der Waals surface area (Å²) in [6.07, 6.45) is 1.10. The summed E-state index contributed by atoms with van der Waals surface area (Å²) in [6.45, 7) is 5.33. The molecule has 2 rings (SSSR count). The molecule has 144 valence electrons. The molecule has 27 heavy (non-hydrogen) atoms. The SMILES string of the molecule is CC(=O)c1ccc(N(CCC(=O)Nc2ccc(C)cc2C)S(C)(=O)=O)cc1. The van der Waals surface area contributed by atoms with Crippen LogP contribution in [0.1, 0.15) is 34.8 Å². The fraction of sp³-hybridized carbons (Fsp3) is 0.300. The van der Waals surface area contributed by atoms with E-state index in [0.717, 1.165) is 17.4 Å². The Kier molecular flexibility index (Phi) is 6.38. The second kappa shape index (κ2) is 8.35. The van der Waals surface area contributed by atoms with E-state index in [1.807, 2.05) is 32.0 Å². The van der Waals surface area contributed by atoms with Crippen LogP contribution in [0.2, 0.25) is 0 Å². The predicted molar refractivity (Wildman–Crippen MR) is 108 cm³/mol. The van der Waals surface area contributed by atoms with Gasteiger partial charge in [-0.15, -0.1) is 0 Å². The van der Waals surface area contributed by atoms with Crippen molar-refractivity contribution in [1.29, 1.82) is 0 Å². The van der Waals surface area contributed by atoms with E-state index in [4.69, 9.17) is 0 Å². The molecule has 0 aromatic heterocycles. The van der Waals surface area contributed by atoms with E-state index in [9.17, 15) is 18.0 Å². The number of anilines is 2. The number of carbonyl (C=O) groups is 2. The highest BCUT2D eigenvalue weighted by Crippen LogP contribution is 2.20. The molecule has 0 aliphatic rings. The first kappa shape index (κ1) is 20.6. The summed E-state index contributed by atoms with van der Waals surface area (Å²) >= 11 is 0. The van der Waals surface area contributed by atoms with Gasteiger partial charge in [0.25, 0.3) is 0 Å². The number of carbonyl (C=O) groups excluding carboxylic acids is 2. The van der Waals surface area contributed by atoms with Crippen molar-refractivity contribution in [3.8, 4) is 0 Å². The molecule has 2 aromatic rings. The third-order valence-corrected chi connectivity index (χ3v) is 5.35. The minimum atomic E-state index is -3.56. The zero-order valence-electron chi connectivity index (χ0n) is 15.9. The number of nitrogens with one attached hydrogen (secondary N) is 1. The van der Waals surface area contributed by atoms with Crippen molar-refractivity contribution in [2.24, 2.45) is 0 Å². The van der Waals surface area contributed by atoms with Crippen LogP contribution in [0.5, 0.6) is 0 Å². The number of rotatable bonds is 7. The molecule has 0 aliphatic heterocycles. The predicted octanol–water partition coefficient (Wildman–Crippen LogP) is 3.30. The molecule has 6 nitrogen and oxygen atoms in total. The first-order valence-electron chi connectivity index (χ1n) is 8.54. The summed E-state index contributed by atoms with van der Waals surface area (Å²) in [5, 5.41) is 2.81. The Balaban J connectivity index is 2.10. The lowest BCUT2D eigenvalue weighted by molar-refractivity contribution is -0.116.